The van der Waals surface area contributed by atoms with Crippen molar-refractivity contribution < 1.29 is 9.53 Å². The molecule has 1 aromatic rings. The third-order valence-electron chi connectivity index (χ3n) is 4.65. The molecule has 5 heteroatoms. The van der Waals surface area contributed by atoms with Crippen LogP contribution in [0.15, 0.2) is 24.3 Å². The van der Waals surface area contributed by atoms with Crippen molar-refractivity contribution in [3.63, 3.8) is 0 Å². The van der Waals surface area contributed by atoms with E-state index < -0.39 is 0 Å². The van der Waals surface area contributed by atoms with Crippen molar-refractivity contribution in [3.05, 3.63) is 29.3 Å². The minimum atomic E-state index is -0.0285. The summed E-state index contributed by atoms with van der Waals surface area (Å²) in [5.41, 5.74) is 0. The van der Waals surface area contributed by atoms with E-state index in [4.69, 9.17) is 16.3 Å². The highest BCUT2D eigenvalue weighted by molar-refractivity contribution is 6.30. The van der Waals surface area contributed by atoms with Crippen LogP contribution in [-0.2, 0) is 4.79 Å². The molecule has 2 aliphatic rings. The number of fused-ring (bicyclic) bond motifs is 1. The zero-order chi connectivity index (χ0) is 15.4. The molecule has 1 aromatic carbocycles. The smallest absolute Gasteiger partial charge is 0.237 e. The summed E-state index contributed by atoms with van der Waals surface area (Å²) in [6, 6.07) is 7.80. The van der Waals surface area contributed by atoms with Crippen LogP contribution in [0, 0.1) is 5.92 Å². The standard InChI is InChI=1S/C17H23ClN2O2/c18-13-5-3-6-14(11-13)22-9-8-19-17(21)16-10-12-4-1-2-7-15(12)20-16/h3,5-6,11-12,15-16,20H,1-2,4,7-10H2,(H,19,21). The lowest BCUT2D eigenvalue weighted by Gasteiger charge is -2.24. The van der Waals surface area contributed by atoms with Crippen molar-refractivity contribution in [2.24, 2.45) is 5.92 Å². The minimum absolute atomic E-state index is 0.0285. The van der Waals surface area contributed by atoms with Gasteiger partial charge in [-0.1, -0.05) is 30.5 Å². The molecule has 1 aliphatic carbocycles. The zero-order valence-electron chi connectivity index (χ0n) is 12.7. The number of rotatable bonds is 5. The Morgan fingerprint density at radius 3 is 3.05 bits per heavy atom. The Morgan fingerprint density at radius 2 is 2.23 bits per heavy atom. The van der Waals surface area contributed by atoms with Crippen LogP contribution in [-0.4, -0.2) is 31.1 Å². The van der Waals surface area contributed by atoms with Crippen LogP contribution in [0.25, 0.3) is 0 Å². The Balaban J connectivity index is 1.38. The summed E-state index contributed by atoms with van der Waals surface area (Å²) in [7, 11) is 0. The van der Waals surface area contributed by atoms with E-state index in [-0.39, 0.29) is 11.9 Å². The Kier molecular flexibility index (Phi) is 5.21. The molecule has 0 radical (unpaired) electrons. The second-order valence-corrected chi connectivity index (χ2v) is 6.64. The fourth-order valence-electron chi connectivity index (χ4n) is 3.54. The summed E-state index contributed by atoms with van der Waals surface area (Å²) in [6.45, 7) is 0.963. The topological polar surface area (TPSA) is 50.4 Å². The van der Waals surface area contributed by atoms with Crippen LogP contribution in [0.4, 0.5) is 0 Å². The SMILES string of the molecule is O=C(NCCOc1cccc(Cl)c1)C1CC2CCCCC2N1. The lowest BCUT2D eigenvalue weighted by molar-refractivity contribution is -0.123. The van der Waals surface area contributed by atoms with E-state index in [1.54, 1.807) is 12.1 Å². The molecule has 0 bridgehead atoms. The van der Waals surface area contributed by atoms with Gasteiger partial charge in [0.05, 0.1) is 12.6 Å². The number of hydrogen-bond donors (Lipinski definition) is 2. The maximum Gasteiger partial charge on any atom is 0.237 e. The summed E-state index contributed by atoms with van der Waals surface area (Å²) >= 11 is 5.90. The number of halogens is 1. The predicted molar refractivity (Wildman–Crippen MR) is 87.2 cm³/mol. The van der Waals surface area contributed by atoms with E-state index in [1.165, 1.54) is 25.7 Å². The lowest BCUT2D eigenvalue weighted by Crippen LogP contribution is -2.44. The summed E-state index contributed by atoms with van der Waals surface area (Å²) in [4.78, 5) is 12.2. The van der Waals surface area contributed by atoms with Gasteiger partial charge in [0, 0.05) is 11.1 Å². The monoisotopic (exact) mass is 322 g/mol. The van der Waals surface area contributed by atoms with Gasteiger partial charge < -0.3 is 15.4 Å². The van der Waals surface area contributed by atoms with Gasteiger partial charge in [0.2, 0.25) is 5.91 Å². The summed E-state index contributed by atoms with van der Waals surface area (Å²) < 4.78 is 5.57. The third kappa shape index (κ3) is 3.93. The van der Waals surface area contributed by atoms with Crippen LogP contribution >= 0.6 is 11.6 Å². The third-order valence-corrected chi connectivity index (χ3v) is 4.88. The Labute approximate surface area is 136 Å². The normalized spacial score (nSPS) is 27.2. The predicted octanol–water partition coefficient (Wildman–Crippen LogP) is 2.76. The molecule has 3 atom stereocenters. The van der Waals surface area contributed by atoms with Gasteiger partial charge >= 0.3 is 0 Å². The number of benzene rings is 1. The van der Waals surface area contributed by atoms with E-state index in [0.717, 1.165) is 12.2 Å². The number of carbonyl (C=O) groups excluding carboxylic acids is 1. The Morgan fingerprint density at radius 1 is 1.36 bits per heavy atom. The highest BCUT2D eigenvalue weighted by atomic mass is 35.5. The number of amides is 1. The van der Waals surface area contributed by atoms with Gasteiger partial charge in [-0.2, -0.15) is 0 Å². The molecule has 0 aromatic heterocycles. The van der Waals surface area contributed by atoms with Crippen molar-refractivity contribution in [3.8, 4) is 5.75 Å². The van der Waals surface area contributed by atoms with Gasteiger partial charge in [-0.3, -0.25) is 4.79 Å². The van der Waals surface area contributed by atoms with Gasteiger partial charge in [0.15, 0.2) is 0 Å². The van der Waals surface area contributed by atoms with Crippen molar-refractivity contribution in [2.45, 2.75) is 44.2 Å². The lowest BCUT2D eigenvalue weighted by atomic mass is 9.85. The van der Waals surface area contributed by atoms with E-state index in [1.807, 2.05) is 12.1 Å². The Hall–Kier alpha value is -1.26. The molecule has 1 saturated carbocycles. The van der Waals surface area contributed by atoms with Gasteiger partial charge in [0.25, 0.3) is 0 Å². The molecule has 3 unspecified atom stereocenters. The number of ether oxygens (including phenoxy) is 1. The van der Waals surface area contributed by atoms with Gasteiger partial charge in [-0.15, -0.1) is 0 Å². The van der Waals surface area contributed by atoms with Crippen LogP contribution in [0.5, 0.6) is 5.75 Å². The van der Waals surface area contributed by atoms with Crippen LogP contribution in [0.1, 0.15) is 32.1 Å². The minimum Gasteiger partial charge on any atom is -0.492 e. The molecule has 1 heterocycles. The highest BCUT2D eigenvalue weighted by Crippen LogP contribution is 2.33. The van der Waals surface area contributed by atoms with Crippen molar-refractivity contribution in [2.75, 3.05) is 13.2 Å². The van der Waals surface area contributed by atoms with Crippen LogP contribution in [0.3, 0.4) is 0 Å². The molecule has 0 spiro atoms. The second-order valence-electron chi connectivity index (χ2n) is 6.20. The highest BCUT2D eigenvalue weighted by Gasteiger charge is 2.37. The number of hydrogen-bond acceptors (Lipinski definition) is 3. The largest absolute Gasteiger partial charge is 0.492 e. The molecular weight excluding hydrogens is 300 g/mol. The van der Waals surface area contributed by atoms with E-state index in [2.05, 4.69) is 10.6 Å². The summed E-state index contributed by atoms with van der Waals surface area (Å²) in [6.07, 6.45) is 6.05. The summed E-state index contributed by atoms with van der Waals surface area (Å²) in [5, 5.41) is 7.10. The van der Waals surface area contributed by atoms with E-state index >= 15 is 0 Å². The van der Waals surface area contributed by atoms with E-state index in [9.17, 15) is 4.79 Å². The molecule has 2 N–H and O–H groups in total. The summed E-state index contributed by atoms with van der Waals surface area (Å²) in [5.74, 6) is 1.52. The second kappa shape index (κ2) is 7.34. The average molecular weight is 323 g/mol. The molecule has 2 fully saturated rings. The first-order valence-electron chi connectivity index (χ1n) is 8.14. The number of nitrogens with one attached hydrogen (secondary N) is 2. The maximum atomic E-state index is 12.2. The average Bonchev–Trinajstić information content (AvgIpc) is 2.95. The number of carbonyl (C=O) groups is 1. The van der Waals surface area contributed by atoms with Crippen molar-refractivity contribution in [1.82, 2.24) is 10.6 Å². The first-order valence-corrected chi connectivity index (χ1v) is 8.52. The van der Waals surface area contributed by atoms with Crippen molar-refractivity contribution >= 4 is 17.5 Å². The maximum absolute atomic E-state index is 12.2. The van der Waals surface area contributed by atoms with Crippen molar-refractivity contribution in [1.29, 1.82) is 0 Å². The molecule has 3 rings (SSSR count). The Bertz CT molecular complexity index is 509. The first kappa shape index (κ1) is 15.6. The van der Waals surface area contributed by atoms with E-state index in [0.29, 0.717) is 30.1 Å². The molecule has 22 heavy (non-hydrogen) atoms. The quantitative estimate of drug-likeness (QED) is 0.820. The van der Waals surface area contributed by atoms with Gasteiger partial charge in [-0.05, 0) is 43.4 Å². The molecule has 4 nitrogen and oxygen atoms in total. The molecule has 120 valence electrons. The molecule has 1 saturated heterocycles. The first-order chi connectivity index (χ1) is 10.7. The van der Waals surface area contributed by atoms with Gasteiger partial charge in [0.1, 0.15) is 12.4 Å². The van der Waals surface area contributed by atoms with Gasteiger partial charge in [-0.25, -0.2) is 0 Å². The van der Waals surface area contributed by atoms with Crippen LogP contribution in [0.2, 0.25) is 5.02 Å². The van der Waals surface area contributed by atoms with Crippen LogP contribution < -0.4 is 15.4 Å². The molecule has 1 amide bonds. The fraction of sp³-hybridized carbons (Fsp3) is 0.588. The molecular formula is C17H23ClN2O2. The fourth-order valence-corrected chi connectivity index (χ4v) is 3.72. The zero-order valence-corrected chi connectivity index (χ0v) is 13.4. The molecule has 1 aliphatic heterocycles.